The van der Waals surface area contributed by atoms with Crippen molar-refractivity contribution in [2.75, 3.05) is 26.3 Å². The number of fused-ring (bicyclic) bond motifs is 2. The number of halogens is 2. The molecule has 208 valence electrons. The second-order valence-electron chi connectivity index (χ2n) is 10.1. The molecule has 3 heterocycles. The van der Waals surface area contributed by atoms with E-state index in [1.807, 2.05) is 50.2 Å². The van der Waals surface area contributed by atoms with Crippen LogP contribution < -0.4 is 19.5 Å². The number of benzene rings is 2. The molecular formula is C29H32Cl2N2O6. The number of aliphatic hydroxyl groups excluding tert-OH is 1. The zero-order chi connectivity index (χ0) is 27.4. The second-order valence-corrected chi connectivity index (χ2v) is 10.8. The fourth-order valence-electron chi connectivity index (χ4n) is 4.40. The standard InChI is InChI=1S/C29H32Cl2N2O6/c1-29(2)37-15-21-12-19(4-7-24(21)39-29)23(34)13-32-10-9-18-3-6-25-26(11-18)38-22(17-36-25)16-35-14-20-5-8-27(30)33-28(20)31/h3-8,11-12,22-23,32,34H,9-10,13-17H2,1-2H3/t22-,23+/m1/s1. The van der Waals surface area contributed by atoms with Gasteiger partial charge in [0.1, 0.15) is 22.7 Å². The van der Waals surface area contributed by atoms with Gasteiger partial charge in [0.05, 0.1) is 25.9 Å². The molecule has 0 aliphatic carbocycles. The van der Waals surface area contributed by atoms with Crippen molar-refractivity contribution in [3.63, 3.8) is 0 Å². The SMILES string of the molecule is CC1(C)OCc2cc([C@@H](O)CNCCc3ccc4c(c3)O[C@H](COCc3ccc(Cl)nc3Cl)CO4)ccc2O1. The monoisotopic (exact) mass is 574 g/mol. The molecule has 0 fully saturated rings. The summed E-state index contributed by atoms with van der Waals surface area (Å²) in [7, 11) is 0. The van der Waals surface area contributed by atoms with E-state index in [1.54, 1.807) is 12.1 Å². The molecule has 2 N–H and O–H groups in total. The number of hydrogen-bond acceptors (Lipinski definition) is 8. The molecule has 3 aromatic rings. The molecule has 2 aromatic carbocycles. The Kier molecular flexibility index (Phi) is 8.81. The summed E-state index contributed by atoms with van der Waals surface area (Å²) in [6, 6.07) is 15.2. The first-order chi connectivity index (χ1) is 18.8. The summed E-state index contributed by atoms with van der Waals surface area (Å²) in [6.45, 7) is 6.41. The largest absolute Gasteiger partial charge is 0.486 e. The van der Waals surface area contributed by atoms with Gasteiger partial charge in [-0.05, 0) is 54.4 Å². The molecule has 0 bridgehead atoms. The van der Waals surface area contributed by atoms with Gasteiger partial charge < -0.3 is 34.1 Å². The van der Waals surface area contributed by atoms with Crippen molar-refractivity contribution in [3.8, 4) is 17.2 Å². The zero-order valence-electron chi connectivity index (χ0n) is 21.9. The highest BCUT2D eigenvalue weighted by Crippen LogP contribution is 2.34. The molecule has 0 unspecified atom stereocenters. The molecule has 5 rings (SSSR count). The molecule has 0 amide bonds. The number of aliphatic hydroxyl groups is 1. The van der Waals surface area contributed by atoms with Crippen LogP contribution in [0.1, 0.15) is 42.2 Å². The lowest BCUT2D eigenvalue weighted by atomic mass is 10.0. The van der Waals surface area contributed by atoms with Gasteiger partial charge >= 0.3 is 0 Å². The first kappa shape index (κ1) is 28.0. The van der Waals surface area contributed by atoms with Crippen molar-refractivity contribution >= 4 is 23.2 Å². The minimum Gasteiger partial charge on any atom is -0.486 e. The Morgan fingerprint density at radius 2 is 1.95 bits per heavy atom. The predicted molar refractivity (Wildman–Crippen MR) is 148 cm³/mol. The van der Waals surface area contributed by atoms with Crippen LogP contribution in [0.15, 0.2) is 48.5 Å². The van der Waals surface area contributed by atoms with E-state index in [0.29, 0.717) is 61.3 Å². The van der Waals surface area contributed by atoms with E-state index in [1.165, 1.54) is 0 Å². The van der Waals surface area contributed by atoms with Gasteiger partial charge in [0.25, 0.3) is 0 Å². The number of aromatic nitrogens is 1. The van der Waals surface area contributed by atoms with Crippen LogP contribution in [0.2, 0.25) is 10.3 Å². The Morgan fingerprint density at radius 3 is 2.79 bits per heavy atom. The average Bonchev–Trinajstić information content (AvgIpc) is 2.91. The van der Waals surface area contributed by atoms with E-state index >= 15 is 0 Å². The topological polar surface area (TPSA) is 91.3 Å². The van der Waals surface area contributed by atoms with Gasteiger partial charge in [-0.3, -0.25) is 0 Å². The molecule has 1 aromatic heterocycles. The van der Waals surface area contributed by atoms with E-state index in [-0.39, 0.29) is 6.10 Å². The average molecular weight is 575 g/mol. The normalized spacial score (nSPS) is 18.2. The Hall–Kier alpha value is -2.59. The van der Waals surface area contributed by atoms with Crippen molar-refractivity contribution in [1.82, 2.24) is 10.3 Å². The summed E-state index contributed by atoms with van der Waals surface area (Å²) in [5.41, 5.74) is 3.63. The molecule has 0 saturated carbocycles. The summed E-state index contributed by atoms with van der Waals surface area (Å²) >= 11 is 12.0. The smallest absolute Gasteiger partial charge is 0.205 e. The lowest BCUT2D eigenvalue weighted by molar-refractivity contribution is -0.180. The Bertz CT molecular complexity index is 1300. The molecule has 39 heavy (non-hydrogen) atoms. The number of pyridine rings is 1. The van der Waals surface area contributed by atoms with Crippen molar-refractivity contribution < 1.29 is 28.8 Å². The molecule has 2 aliphatic rings. The summed E-state index contributed by atoms with van der Waals surface area (Å²) < 4.78 is 29.3. The predicted octanol–water partition coefficient (Wildman–Crippen LogP) is 5.26. The van der Waals surface area contributed by atoms with E-state index in [0.717, 1.165) is 34.4 Å². The number of rotatable bonds is 10. The molecule has 2 aliphatic heterocycles. The lowest BCUT2D eigenvalue weighted by Crippen LogP contribution is -2.35. The Labute approximate surface area is 238 Å². The number of nitrogens with zero attached hydrogens (tertiary/aromatic N) is 1. The maximum atomic E-state index is 10.7. The van der Waals surface area contributed by atoms with Gasteiger partial charge in [0.15, 0.2) is 17.6 Å². The van der Waals surface area contributed by atoms with Gasteiger partial charge in [-0.2, -0.15) is 0 Å². The minimum atomic E-state index is -0.637. The fraction of sp³-hybridized carbons (Fsp3) is 0.414. The van der Waals surface area contributed by atoms with E-state index in [4.69, 9.17) is 46.9 Å². The van der Waals surface area contributed by atoms with Crippen LogP contribution in [0.5, 0.6) is 17.2 Å². The van der Waals surface area contributed by atoms with Crippen LogP contribution in [0.4, 0.5) is 0 Å². The number of ether oxygens (including phenoxy) is 5. The third kappa shape index (κ3) is 7.33. The molecule has 0 spiro atoms. The van der Waals surface area contributed by atoms with Crippen LogP contribution in [0.3, 0.4) is 0 Å². The highest BCUT2D eigenvalue weighted by Gasteiger charge is 2.28. The minimum absolute atomic E-state index is 0.237. The molecule has 8 nitrogen and oxygen atoms in total. The van der Waals surface area contributed by atoms with Crippen LogP contribution in [-0.4, -0.2) is 48.3 Å². The van der Waals surface area contributed by atoms with Crippen LogP contribution in [-0.2, 0) is 29.1 Å². The highest BCUT2D eigenvalue weighted by molar-refractivity contribution is 6.32. The number of nitrogens with one attached hydrogen (secondary N) is 1. The molecule has 0 saturated heterocycles. The molecular weight excluding hydrogens is 543 g/mol. The second kappa shape index (κ2) is 12.3. The van der Waals surface area contributed by atoms with Crippen molar-refractivity contribution in [2.24, 2.45) is 0 Å². The highest BCUT2D eigenvalue weighted by atomic mass is 35.5. The number of hydrogen-bond donors (Lipinski definition) is 2. The van der Waals surface area contributed by atoms with Crippen molar-refractivity contribution in [3.05, 3.63) is 81.1 Å². The van der Waals surface area contributed by atoms with Gasteiger partial charge in [0.2, 0.25) is 5.79 Å². The molecule has 0 radical (unpaired) electrons. The van der Waals surface area contributed by atoms with Gasteiger partial charge in [0, 0.05) is 31.5 Å². The maximum absolute atomic E-state index is 10.7. The first-order valence-electron chi connectivity index (χ1n) is 12.9. The molecule has 2 atom stereocenters. The zero-order valence-corrected chi connectivity index (χ0v) is 23.4. The van der Waals surface area contributed by atoms with E-state index < -0.39 is 11.9 Å². The maximum Gasteiger partial charge on any atom is 0.205 e. The Balaban J connectivity index is 1.06. The van der Waals surface area contributed by atoms with Crippen LogP contribution in [0, 0.1) is 0 Å². The van der Waals surface area contributed by atoms with Gasteiger partial charge in [-0.25, -0.2) is 4.98 Å². The van der Waals surface area contributed by atoms with E-state index in [9.17, 15) is 5.11 Å². The summed E-state index contributed by atoms with van der Waals surface area (Å²) in [5, 5.41) is 14.7. The van der Waals surface area contributed by atoms with Gasteiger partial charge in [-0.1, -0.05) is 41.4 Å². The van der Waals surface area contributed by atoms with Crippen molar-refractivity contribution in [1.29, 1.82) is 0 Å². The van der Waals surface area contributed by atoms with E-state index in [2.05, 4.69) is 10.3 Å². The first-order valence-corrected chi connectivity index (χ1v) is 13.7. The van der Waals surface area contributed by atoms with Crippen molar-refractivity contribution in [2.45, 2.75) is 51.5 Å². The quantitative estimate of drug-likeness (QED) is 0.250. The summed E-state index contributed by atoms with van der Waals surface area (Å²) in [6.07, 6.45) is -0.101. The van der Waals surface area contributed by atoms with Crippen LogP contribution in [0.25, 0.3) is 0 Å². The molecule has 10 heteroatoms. The third-order valence-corrected chi connectivity index (χ3v) is 7.05. The fourth-order valence-corrected chi connectivity index (χ4v) is 4.80. The third-order valence-electron chi connectivity index (χ3n) is 6.51. The summed E-state index contributed by atoms with van der Waals surface area (Å²) in [5.74, 6) is 1.57. The lowest BCUT2D eigenvalue weighted by Gasteiger charge is -2.33. The summed E-state index contributed by atoms with van der Waals surface area (Å²) in [4.78, 5) is 4.02. The van der Waals surface area contributed by atoms with Gasteiger partial charge in [-0.15, -0.1) is 0 Å². The Morgan fingerprint density at radius 1 is 1.10 bits per heavy atom. The van der Waals surface area contributed by atoms with Crippen LogP contribution >= 0.6 is 23.2 Å².